The van der Waals surface area contributed by atoms with Gasteiger partial charge in [0.2, 0.25) is 0 Å². The molecule has 0 heterocycles. The first-order valence-electron chi connectivity index (χ1n) is 6.06. The number of nitrogens with one attached hydrogen (secondary N) is 1. The van der Waals surface area contributed by atoms with Crippen LogP contribution in [0.3, 0.4) is 0 Å². The van der Waals surface area contributed by atoms with Crippen molar-refractivity contribution < 1.29 is 9.31 Å². The predicted octanol–water partition coefficient (Wildman–Crippen LogP) is 2.89. The molecule has 0 bridgehead atoms. The van der Waals surface area contributed by atoms with E-state index in [1.54, 1.807) is 0 Å². The van der Waals surface area contributed by atoms with Crippen molar-refractivity contribution in [1.29, 1.82) is 0 Å². The van der Waals surface area contributed by atoms with Crippen LogP contribution in [0.1, 0.15) is 12.8 Å². The van der Waals surface area contributed by atoms with E-state index in [0.717, 1.165) is 18.7 Å². The Bertz CT molecular complexity index is 494. The molecule has 1 N–H and O–H groups in total. The molecule has 104 valence electrons. The Hall–Kier alpha value is -1.40. The number of hydrogen-bond donors (Lipinski definition) is 1. The third-order valence-electron chi connectivity index (χ3n) is 3.19. The van der Waals surface area contributed by atoms with Gasteiger partial charge in [-0.3, -0.25) is 10.1 Å². The van der Waals surface area contributed by atoms with Gasteiger partial charge in [-0.2, -0.15) is 0 Å². The van der Waals surface area contributed by atoms with Crippen LogP contribution < -0.4 is 5.32 Å². The van der Waals surface area contributed by atoms with E-state index in [-0.39, 0.29) is 16.4 Å². The van der Waals surface area contributed by atoms with Crippen molar-refractivity contribution in [1.82, 2.24) is 4.90 Å². The number of halogens is 2. The Balaban J connectivity index is 2.01. The molecule has 0 spiro atoms. The number of hydrogen-bond acceptors (Lipinski definition) is 4. The topological polar surface area (TPSA) is 58.4 Å². The molecule has 19 heavy (non-hydrogen) atoms. The first kappa shape index (κ1) is 14.0. The lowest BCUT2D eigenvalue weighted by Crippen LogP contribution is -2.27. The number of rotatable bonds is 6. The molecule has 0 aliphatic heterocycles. The Morgan fingerprint density at radius 2 is 2.26 bits per heavy atom. The van der Waals surface area contributed by atoms with Crippen LogP contribution in [0.4, 0.5) is 15.8 Å². The summed E-state index contributed by atoms with van der Waals surface area (Å²) in [7, 11) is 2.01. The minimum atomic E-state index is -0.662. The lowest BCUT2D eigenvalue weighted by molar-refractivity contribution is -0.384. The minimum absolute atomic E-state index is 0.163. The van der Waals surface area contributed by atoms with Gasteiger partial charge in [0.1, 0.15) is 11.5 Å². The molecule has 7 heteroatoms. The highest BCUT2D eigenvalue weighted by Crippen LogP contribution is 2.30. The van der Waals surface area contributed by atoms with Gasteiger partial charge in [0, 0.05) is 31.3 Å². The van der Waals surface area contributed by atoms with Gasteiger partial charge >= 0.3 is 0 Å². The number of nitro groups is 1. The van der Waals surface area contributed by atoms with Crippen LogP contribution in [-0.4, -0.2) is 36.0 Å². The molecule has 2 rings (SSSR count). The Morgan fingerprint density at radius 3 is 2.84 bits per heavy atom. The maximum Gasteiger partial charge on any atom is 0.294 e. The molecule has 1 aliphatic rings. The Kier molecular flexibility index (Phi) is 4.21. The smallest absolute Gasteiger partial charge is 0.294 e. The molecule has 0 saturated heterocycles. The second kappa shape index (κ2) is 5.71. The van der Waals surface area contributed by atoms with Gasteiger partial charge in [-0.05, 0) is 19.9 Å². The highest BCUT2D eigenvalue weighted by Gasteiger charge is 2.25. The molecule has 1 aromatic rings. The maximum atomic E-state index is 13.3. The summed E-state index contributed by atoms with van der Waals surface area (Å²) in [5, 5.41) is 13.5. The van der Waals surface area contributed by atoms with Crippen LogP contribution in [-0.2, 0) is 0 Å². The van der Waals surface area contributed by atoms with E-state index in [1.807, 2.05) is 7.05 Å². The van der Waals surface area contributed by atoms with Gasteiger partial charge in [-0.1, -0.05) is 11.6 Å². The zero-order valence-corrected chi connectivity index (χ0v) is 11.3. The van der Waals surface area contributed by atoms with E-state index in [2.05, 4.69) is 10.2 Å². The van der Waals surface area contributed by atoms with Crippen LogP contribution in [0.5, 0.6) is 0 Å². The molecule has 1 fully saturated rings. The fourth-order valence-corrected chi connectivity index (χ4v) is 2.05. The number of nitrogens with zero attached hydrogens (tertiary/aromatic N) is 2. The molecule has 0 atom stereocenters. The van der Waals surface area contributed by atoms with Gasteiger partial charge in [-0.25, -0.2) is 4.39 Å². The van der Waals surface area contributed by atoms with Gasteiger partial charge in [0.25, 0.3) is 5.69 Å². The molecule has 0 aromatic heterocycles. The summed E-state index contributed by atoms with van der Waals surface area (Å²) in [5.74, 6) is -0.662. The van der Waals surface area contributed by atoms with Crippen molar-refractivity contribution in [3.05, 3.63) is 33.1 Å². The van der Waals surface area contributed by atoms with E-state index in [4.69, 9.17) is 11.6 Å². The van der Waals surface area contributed by atoms with Crippen molar-refractivity contribution in [3.63, 3.8) is 0 Å². The van der Waals surface area contributed by atoms with E-state index >= 15 is 0 Å². The molecular formula is C12H15ClFN3O2. The van der Waals surface area contributed by atoms with Crippen LogP contribution in [0.2, 0.25) is 5.02 Å². The SMILES string of the molecule is CN(CCNc1cc(F)c(Cl)cc1[N+](=O)[O-])C1CC1. The second-order valence-corrected chi connectivity index (χ2v) is 5.09. The van der Waals surface area contributed by atoms with Crippen molar-refractivity contribution in [2.45, 2.75) is 18.9 Å². The van der Waals surface area contributed by atoms with Gasteiger partial charge in [0.15, 0.2) is 0 Å². The standard InChI is InChI=1S/C12H15ClFN3O2/c1-16(8-2-3-8)5-4-15-11-7-10(14)9(13)6-12(11)17(18)19/h6-8,15H,2-5H2,1H3. The average Bonchev–Trinajstić information content (AvgIpc) is 3.16. The number of anilines is 1. The zero-order chi connectivity index (χ0) is 14.0. The lowest BCUT2D eigenvalue weighted by Gasteiger charge is -2.16. The first-order chi connectivity index (χ1) is 8.99. The van der Waals surface area contributed by atoms with Crippen molar-refractivity contribution in [2.24, 2.45) is 0 Å². The molecule has 0 amide bonds. The second-order valence-electron chi connectivity index (χ2n) is 4.68. The van der Waals surface area contributed by atoms with Crippen LogP contribution in [0.15, 0.2) is 12.1 Å². The molecular weight excluding hydrogens is 273 g/mol. The fourth-order valence-electron chi connectivity index (χ4n) is 1.89. The van der Waals surface area contributed by atoms with Crippen LogP contribution in [0, 0.1) is 15.9 Å². The molecule has 0 unspecified atom stereocenters. The molecule has 1 aromatic carbocycles. The highest BCUT2D eigenvalue weighted by molar-refractivity contribution is 6.31. The summed E-state index contributed by atoms with van der Waals surface area (Å²) in [6.07, 6.45) is 2.40. The maximum absolute atomic E-state index is 13.3. The largest absolute Gasteiger partial charge is 0.378 e. The Labute approximate surface area is 115 Å². The quantitative estimate of drug-likeness (QED) is 0.645. The molecule has 0 radical (unpaired) electrons. The predicted molar refractivity (Wildman–Crippen MR) is 72.2 cm³/mol. The normalized spacial score (nSPS) is 14.7. The van der Waals surface area contributed by atoms with E-state index in [0.29, 0.717) is 12.6 Å². The number of nitro benzene ring substituents is 1. The molecule has 5 nitrogen and oxygen atoms in total. The van der Waals surface area contributed by atoms with Crippen molar-refractivity contribution in [2.75, 3.05) is 25.5 Å². The third-order valence-corrected chi connectivity index (χ3v) is 3.48. The Morgan fingerprint density at radius 1 is 1.58 bits per heavy atom. The fraction of sp³-hybridized carbons (Fsp3) is 0.500. The monoisotopic (exact) mass is 287 g/mol. The summed E-state index contributed by atoms with van der Waals surface area (Å²) < 4.78 is 13.3. The van der Waals surface area contributed by atoms with Crippen LogP contribution in [0.25, 0.3) is 0 Å². The van der Waals surface area contributed by atoms with Crippen LogP contribution >= 0.6 is 11.6 Å². The summed E-state index contributed by atoms with van der Waals surface area (Å²) in [4.78, 5) is 12.5. The summed E-state index contributed by atoms with van der Waals surface area (Å²) in [6, 6.07) is 2.72. The van der Waals surface area contributed by atoms with Gasteiger partial charge in [-0.15, -0.1) is 0 Å². The van der Waals surface area contributed by atoms with Gasteiger partial charge < -0.3 is 10.2 Å². The molecule has 1 saturated carbocycles. The average molecular weight is 288 g/mol. The number of likely N-dealkylation sites (N-methyl/N-ethyl adjacent to an activating group) is 1. The summed E-state index contributed by atoms with van der Waals surface area (Å²) in [5.41, 5.74) is -0.0448. The summed E-state index contributed by atoms with van der Waals surface area (Å²) in [6.45, 7) is 1.28. The first-order valence-corrected chi connectivity index (χ1v) is 6.44. The van der Waals surface area contributed by atoms with E-state index in [9.17, 15) is 14.5 Å². The lowest BCUT2D eigenvalue weighted by atomic mass is 10.2. The van der Waals surface area contributed by atoms with E-state index < -0.39 is 10.7 Å². The molecule has 1 aliphatic carbocycles. The van der Waals surface area contributed by atoms with Crippen molar-refractivity contribution in [3.8, 4) is 0 Å². The van der Waals surface area contributed by atoms with E-state index in [1.165, 1.54) is 12.8 Å². The van der Waals surface area contributed by atoms with Gasteiger partial charge in [0.05, 0.1) is 9.95 Å². The zero-order valence-electron chi connectivity index (χ0n) is 10.5. The van der Waals surface area contributed by atoms with Crippen molar-refractivity contribution >= 4 is 23.0 Å². The summed E-state index contributed by atoms with van der Waals surface area (Å²) >= 11 is 5.55. The number of benzene rings is 1. The highest BCUT2D eigenvalue weighted by atomic mass is 35.5. The minimum Gasteiger partial charge on any atom is -0.378 e. The third kappa shape index (κ3) is 3.54.